The lowest BCUT2D eigenvalue weighted by atomic mass is 10.0. The Hall–Kier alpha value is -2.49. The van der Waals surface area contributed by atoms with E-state index >= 15 is 4.39 Å². The Bertz CT molecular complexity index is 1110. The van der Waals surface area contributed by atoms with Gasteiger partial charge < -0.3 is 15.8 Å². The van der Waals surface area contributed by atoms with Gasteiger partial charge in [-0.25, -0.2) is 18.0 Å². The molecule has 0 radical (unpaired) electrons. The number of hydrogen-bond acceptors (Lipinski definition) is 5. The third-order valence-electron chi connectivity index (χ3n) is 6.14. The number of nitrogen functional groups attached to an aromatic ring is 1. The number of aryl methyl sites for hydroxylation is 2. The molecular formula is C19H23F3N4O3. The molecule has 2 fully saturated rings. The Kier molecular flexibility index (Phi) is 4.64. The monoisotopic (exact) mass is 412 g/mol. The topological polar surface area (TPSA) is 93.5 Å². The number of anilines is 1. The van der Waals surface area contributed by atoms with Crippen LogP contribution in [0.4, 0.5) is 18.9 Å². The first-order valence-electron chi connectivity index (χ1n) is 9.61. The van der Waals surface area contributed by atoms with Gasteiger partial charge in [0, 0.05) is 36.2 Å². The number of benzene rings is 1. The molecule has 2 heterocycles. The quantitative estimate of drug-likeness (QED) is 0.741. The van der Waals surface area contributed by atoms with Gasteiger partial charge in [0.1, 0.15) is 6.10 Å². The van der Waals surface area contributed by atoms with Gasteiger partial charge in [0.25, 0.3) is 12.0 Å². The maximum Gasteiger partial charge on any atom is 0.350 e. The zero-order valence-corrected chi connectivity index (χ0v) is 16.2. The van der Waals surface area contributed by atoms with Gasteiger partial charge in [-0.3, -0.25) is 9.36 Å². The molecule has 2 unspecified atom stereocenters. The summed E-state index contributed by atoms with van der Waals surface area (Å²) in [5.41, 5.74) is -0.426. The van der Waals surface area contributed by atoms with Crippen LogP contribution in [0, 0.1) is 25.6 Å². The van der Waals surface area contributed by atoms with E-state index in [0.717, 1.165) is 12.8 Å². The first-order chi connectivity index (χ1) is 13.6. The molecule has 1 aromatic heterocycles. The molecule has 1 aliphatic heterocycles. The zero-order chi connectivity index (χ0) is 21.2. The van der Waals surface area contributed by atoms with E-state index in [0.29, 0.717) is 28.7 Å². The smallest absolute Gasteiger partial charge is 0.350 e. The van der Waals surface area contributed by atoms with Crippen molar-refractivity contribution in [2.45, 2.75) is 51.7 Å². The van der Waals surface area contributed by atoms with E-state index in [-0.39, 0.29) is 29.2 Å². The van der Waals surface area contributed by atoms with Gasteiger partial charge in [0.05, 0.1) is 16.6 Å². The number of hydrogen-bond donors (Lipinski definition) is 2. The summed E-state index contributed by atoms with van der Waals surface area (Å²) in [5.74, 6) is 4.34. The van der Waals surface area contributed by atoms with Crippen LogP contribution in [0.5, 0.6) is 0 Å². The second-order valence-electron chi connectivity index (χ2n) is 8.01. The Morgan fingerprint density at radius 3 is 2.38 bits per heavy atom. The molecule has 2 atom stereocenters. The summed E-state index contributed by atoms with van der Waals surface area (Å²) in [5, 5.41) is 9.77. The van der Waals surface area contributed by atoms with E-state index in [1.54, 1.807) is 11.8 Å². The van der Waals surface area contributed by atoms with E-state index in [9.17, 15) is 23.5 Å². The number of aliphatic hydroxyl groups excluding tert-OH is 1. The standard InChI is InChI=1S/C19H23F3N4O3/c1-8-12-14(25(11-3-4-11)19(29)26(23)18(12)28)9(2)15(13(8)20)24-6-5-10(7-24)16(27)17(21)22/h10-11,16-17,27H,3-7,23H2,1-2H3. The van der Waals surface area contributed by atoms with Crippen LogP contribution in [-0.2, 0) is 0 Å². The zero-order valence-electron chi connectivity index (χ0n) is 16.2. The van der Waals surface area contributed by atoms with Crippen molar-refractivity contribution in [1.82, 2.24) is 9.24 Å². The number of aromatic nitrogens is 2. The molecule has 2 aromatic rings. The highest BCUT2D eigenvalue weighted by Crippen LogP contribution is 2.41. The highest BCUT2D eigenvalue weighted by Gasteiger charge is 2.37. The van der Waals surface area contributed by atoms with E-state index in [2.05, 4.69) is 0 Å². The average molecular weight is 412 g/mol. The van der Waals surface area contributed by atoms with Gasteiger partial charge in [-0.05, 0) is 33.1 Å². The van der Waals surface area contributed by atoms with E-state index in [4.69, 9.17) is 5.84 Å². The Labute approximate surface area is 164 Å². The number of halogens is 3. The van der Waals surface area contributed by atoms with Gasteiger partial charge >= 0.3 is 5.69 Å². The second kappa shape index (κ2) is 6.79. The van der Waals surface area contributed by atoms with Gasteiger partial charge in [-0.1, -0.05) is 0 Å². The highest BCUT2D eigenvalue weighted by atomic mass is 19.3. The van der Waals surface area contributed by atoms with E-state index in [1.165, 1.54) is 11.5 Å². The molecule has 0 amide bonds. The number of nitrogens with zero attached hydrogens (tertiary/aromatic N) is 3. The first-order valence-corrected chi connectivity index (χ1v) is 9.61. The van der Waals surface area contributed by atoms with Crippen LogP contribution in [0.15, 0.2) is 9.59 Å². The van der Waals surface area contributed by atoms with Crippen molar-refractivity contribution in [3.63, 3.8) is 0 Å². The molecule has 3 N–H and O–H groups in total. The minimum absolute atomic E-state index is 0.0566. The van der Waals surface area contributed by atoms with Crippen molar-refractivity contribution in [3.05, 3.63) is 37.8 Å². The fraction of sp³-hybridized carbons (Fsp3) is 0.579. The Morgan fingerprint density at radius 1 is 1.14 bits per heavy atom. The molecule has 2 aliphatic rings. The van der Waals surface area contributed by atoms with Gasteiger partial charge in [-0.2, -0.15) is 4.68 Å². The van der Waals surface area contributed by atoms with Crippen molar-refractivity contribution in [3.8, 4) is 0 Å². The molecule has 1 saturated heterocycles. The number of alkyl halides is 2. The third kappa shape index (κ3) is 2.92. The number of fused-ring (bicyclic) bond motifs is 1. The molecule has 4 rings (SSSR count). The van der Waals surface area contributed by atoms with Crippen molar-refractivity contribution in [1.29, 1.82) is 0 Å². The minimum atomic E-state index is -2.87. The molecular weight excluding hydrogens is 389 g/mol. The van der Waals surface area contributed by atoms with Crippen LogP contribution in [0.2, 0.25) is 0 Å². The maximum absolute atomic E-state index is 15.4. The van der Waals surface area contributed by atoms with Crippen molar-refractivity contribution >= 4 is 16.6 Å². The highest BCUT2D eigenvalue weighted by molar-refractivity contribution is 5.90. The predicted octanol–water partition coefficient (Wildman–Crippen LogP) is 1.42. The summed E-state index contributed by atoms with van der Waals surface area (Å²) in [6.07, 6.45) is -2.84. The van der Waals surface area contributed by atoms with E-state index < -0.39 is 35.5 Å². The molecule has 158 valence electrons. The molecule has 1 saturated carbocycles. The SMILES string of the molecule is Cc1c(F)c(N2CCC(C(O)C(F)F)C2)c(C)c2c1c(=O)n(N)c(=O)n2C1CC1. The van der Waals surface area contributed by atoms with Gasteiger partial charge in [-0.15, -0.1) is 0 Å². The van der Waals surface area contributed by atoms with Crippen LogP contribution < -0.4 is 22.0 Å². The molecule has 0 spiro atoms. The lowest BCUT2D eigenvalue weighted by Crippen LogP contribution is -2.45. The lowest BCUT2D eigenvalue weighted by Gasteiger charge is -2.26. The van der Waals surface area contributed by atoms with Crippen LogP contribution in [-0.4, -0.2) is 40.0 Å². The summed E-state index contributed by atoms with van der Waals surface area (Å²) >= 11 is 0. The summed E-state index contributed by atoms with van der Waals surface area (Å²) in [6, 6.07) is -0.108. The summed E-state index contributed by atoms with van der Waals surface area (Å²) in [7, 11) is 0. The van der Waals surface area contributed by atoms with Crippen molar-refractivity contribution < 1.29 is 18.3 Å². The van der Waals surface area contributed by atoms with Crippen LogP contribution in [0.3, 0.4) is 0 Å². The minimum Gasteiger partial charge on any atom is -0.387 e. The van der Waals surface area contributed by atoms with E-state index in [1.807, 2.05) is 0 Å². The lowest BCUT2D eigenvalue weighted by molar-refractivity contribution is -0.0334. The number of rotatable bonds is 4. The number of nitrogens with two attached hydrogens (primary N) is 1. The van der Waals surface area contributed by atoms with Gasteiger partial charge in [0.2, 0.25) is 0 Å². The summed E-state index contributed by atoms with van der Waals surface area (Å²) in [4.78, 5) is 26.9. The molecule has 1 aromatic carbocycles. The molecule has 10 heteroatoms. The normalized spacial score (nSPS) is 20.8. The molecule has 0 bridgehead atoms. The van der Waals surface area contributed by atoms with Crippen molar-refractivity contribution in [2.24, 2.45) is 5.92 Å². The van der Waals surface area contributed by atoms with Crippen LogP contribution in [0.25, 0.3) is 10.9 Å². The molecule has 1 aliphatic carbocycles. The maximum atomic E-state index is 15.4. The fourth-order valence-electron chi connectivity index (χ4n) is 4.43. The fourth-order valence-corrected chi connectivity index (χ4v) is 4.43. The Morgan fingerprint density at radius 2 is 1.79 bits per heavy atom. The number of aliphatic hydroxyl groups is 1. The van der Waals surface area contributed by atoms with Gasteiger partial charge in [0.15, 0.2) is 5.82 Å². The largest absolute Gasteiger partial charge is 0.387 e. The molecule has 7 nitrogen and oxygen atoms in total. The van der Waals surface area contributed by atoms with Crippen molar-refractivity contribution in [2.75, 3.05) is 23.8 Å². The first kappa shape index (κ1) is 19.8. The summed E-state index contributed by atoms with van der Waals surface area (Å²) < 4.78 is 43.1. The third-order valence-corrected chi connectivity index (χ3v) is 6.14. The molecule has 29 heavy (non-hydrogen) atoms. The van der Waals surface area contributed by atoms with Crippen LogP contribution >= 0.6 is 0 Å². The predicted molar refractivity (Wildman–Crippen MR) is 103 cm³/mol. The average Bonchev–Trinajstić information content (AvgIpc) is 3.40. The Balaban J connectivity index is 1.94. The second-order valence-corrected chi connectivity index (χ2v) is 8.01. The summed E-state index contributed by atoms with van der Waals surface area (Å²) in [6.45, 7) is 3.43. The van der Waals surface area contributed by atoms with Crippen LogP contribution in [0.1, 0.15) is 36.4 Å².